The third-order valence-electron chi connectivity index (χ3n) is 4.63. The number of nitro benzene ring substituents is 1. The molecular formula is C24H22N2O4. The molecule has 0 heterocycles. The maximum atomic E-state index is 12.9. The van der Waals surface area contributed by atoms with Crippen LogP contribution in [0.15, 0.2) is 78.9 Å². The zero-order valence-corrected chi connectivity index (χ0v) is 16.3. The van der Waals surface area contributed by atoms with Gasteiger partial charge in [-0.2, -0.15) is 0 Å². The number of non-ortho nitro benzene ring substituents is 1. The van der Waals surface area contributed by atoms with Crippen LogP contribution in [0, 0.1) is 10.1 Å². The lowest BCUT2D eigenvalue weighted by molar-refractivity contribution is -0.384. The van der Waals surface area contributed by atoms with Gasteiger partial charge in [-0.15, -0.1) is 0 Å². The minimum Gasteiger partial charge on any atom is -0.394 e. The summed E-state index contributed by atoms with van der Waals surface area (Å²) in [6.45, 7) is -0.219. The predicted molar refractivity (Wildman–Crippen MR) is 117 cm³/mol. The number of nitro groups is 1. The molecule has 0 fully saturated rings. The molecule has 0 saturated carbocycles. The van der Waals surface area contributed by atoms with E-state index < -0.39 is 16.9 Å². The molecule has 0 unspecified atom stereocenters. The van der Waals surface area contributed by atoms with Crippen molar-refractivity contribution in [1.82, 2.24) is 5.32 Å². The van der Waals surface area contributed by atoms with E-state index in [1.54, 1.807) is 12.2 Å². The number of nitrogens with zero attached hydrogens (tertiary/aromatic N) is 1. The van der Waals surface area contributed by atoms with Gasteiger partial charge in [0.1, 0.15) is 0 Å². The fourth-order valence-electron chi connectivity index (χ4n) is 3.08. The highest BCUT2D eigenvalue weighted by molar-refractivity contribution is 5.99. The Morgan fingerprint density at radius 1 is 1.00 bits per heavy atom. The summed E-state index contributed by atoms with van der Waals surface area (Å²) in [7, 11) is 0. The lowest BCUT2D eigenvalue weighted by atomic mass is 10.0. The van der Waals surface area contributed by atoms with Crippen LogP contribution in [0.2, 0.25) is 0 Å². The highest BCUT2D eigenvalue weighted by Gasteiger charge is 2.18. The summed E-state index contributed by atoms with van der Waals surface area (Å²) >= 11 is 0. The van der Waals surface area contributed by atoms with Crippen molar-refractivity contribution in [2.75, 3.05) is 6.61 Å². The first-order valence-electron chi connectivity index (χ1n) is 9.54. The van der Waals surface area contributed by atoms with Crippen molar-refractivity contribution in [3.8, 4) is 0 Å². The molecule has 3 rings (SSSR count). The average molecular weight is 402 g/mol. The van der Waals surface area contributed by atoms with E-state index in [1.165, 1.54) is 18.2 Å². The maximum absolute atomic E-state index is 12.9. The fourth-order valence-corrected chi connectivity index (χ4v) is 3.08. The number of carbonyl (C=O) groups excluding carboxylic acids is 1. The molecule has 0 aliphatic rings. The Balaban J connectivity index is 1.84. The first kappa shape index (κ1) is 21.0. The van der Waals surface area contributed by atoms with Gasteiger partial charge in [-0.25, -0.2) is 0 Å². The number of hydrogen-bond donors (Lipinski definition) is 2. The molecule has 2 N–H and O–H groups in total. The zero-order chi connectivity index (χ0) is 21.3. The summed E-state index contributed by atoms with van der Waals surface area (Å²) in [5, 5.41) is 23.7. The van der Waals surface area contributed by atoms with Gasteiger partial charge < -0.3 is 10.4 Å². The van der Waals surface area contributed by atoms with Crippen molar-refractivity contribution in [3.63, 3.8) is 0 Å². The molecule has 0 spiro atoms. The van der Waals surface area contributed by atoms with Crippen molar-refractivity contribution in [2.45, 2.75) is 12.5 Å². The van der Waals surface area contributed by atoms with E-state index in [2.05, 4.69) is 5.32 Å². The van der Waals surface area contributed by atoms with Gasteiger partial charge in [0.05, 0.1) is 17.6 Å². The first-order valence-corrected chi connectivity index (χ1v) is 9.54. The van der Waals surface area contributed by atoms with E-state index in [4.69, 9.17) is 0 Å². The predicted octanol–water partition coefficient (Wildman–Crippen LogP) is 4.10. The van der Waals surface area contributed by atoms with Gasteiger partial charge >= 0.3 is 0 Å². The van der Waals surface area contributed by atoms with Crippen molar-refractivity contribution >= 4 is 23.7 Å². The van der Waals surface area contributed by atoms with Gasteiger partial charge in [0, 0.05) is 17.7 Å². The Labute approximate surface area is 174 Å². The van der Waals surface area contributed by atoms with Gasteiger partial charge in [0.25, 0.3) is 11.6 Å². The molecule has 1 atom stereocenters. The Bertz CT molecular complexity index is 1030. The third kappa shape index (κ3) is 5.62. The number of benzene rings is 3. The van der Waals surface area contributed by atoms with E-state index in [9.17, 15) is 20.0 Å². The van der Waals surface area contributed by atoms with Gasteiger partial charge in [-0.1, -0.05) is 72.8 Å². The van der Waals surface area contributed by atoms with Crippen molar-refractivity contribution < 1.29 is 14.8 Å². The van der Waals surface area contributed by atoms with Crippen LogP contribution < -0.4 is 5.32 Å². The van der Waals surface area contributed by atoms with Gasteiger partial charge in [0.2, 0.25) is 0 Å². The molecule has 0 aliphatic carbocycles. The lowest BCUT2D eigenvalue weighted by Gasteiger charge is -2.17. The second-order valence-electron chi connectivity index (χ2n) is 6.82. The van der Waals surface area contributed by atoms with E-state index in [-0.39, 0.29) is 12.3 Å². The fraction of sp³-hybridized carbons (Fsp3) is 0.125. The van der Waals surface area contributed by atoms with Crippen LogP contribution in [-0.2, 0) is 6.42 Å². The van der Waals surface area contributed by atoms with Gasteiger partial charge in [-0.3, -0.25) is 14.9 Å². The number of nitrogens with one attached hydrogen (secondary N) is 1. The summed E-state index contributed by atoms with van der Waals surface area (Å²) in [5.74, 6) is -0.396. The molecule has 152 valence electrons. The molecule has 0 saturated heterocycles. The summed E-state index contributed by atoms with van der Waals surface area (Å²) in [5.41, 5.74) is 2.54. The average Bonchev–Trinajstić information content (AvgIpc) is 2.78. The summed E-state index contributed by atoms with van der Waals surface area (Å²) in [6, 6.07) is 22.7. The summed E-state index contributed by atoms with van der Waals surface area (Å²) in [4.78, 5) is 23.6. The number of carbonyl (C=O) groups is 1. The number of amides is 1. The van der Waals surface area contributed by atoms with Crippen LogP contribution in [0.1, 0.15) is 27.0 Å². The minimum atomic E-state index is -0.493. The zero-order valence-electron chi connectivity index (χ0n) is 16.3. The molecular weight excluding hydrogens is 380 g/mol. The minimum absolute atomic E-state index is 0.0951. The molecule has 0 aromatic heterocycles. The van der Waals surface area contributed by atoms with Crippen LogP contribution in [0.25, 0.3) is 12.2 Å². The normalized spacial score (nSPS) is 11.9. The topological polar surface area (TPSA) is 92.5 Å². The Hall–Kier alpha value is -3.77. The Kier molecular flexibility index (Phi) is 7.08. The van der Waals surface area contributed by atoms with Crippen molar-refractivity contribution in [2.24, 2.45) is 0 Å². The lowest BCUT2D eigenvalue weighted by Crippen LogP contribution is -2.39. The van der Waals surface area contributed by atoms with Crippen molar-refractivity contribution in [1.29, 1.82) is 0 Å². The summed E-state index contributed by atoms with van der Waals surface area (Å²) in [6.07, 6.45) is 3.96. The number of aliphatic hydroxyl groups excluding tert-OH is 1. The molecule has 0 bridgehead atoms. The maximum Gasteiger partial charge on any atom is 0.270 e. The SMILES string of the molecule is O=C(N[C@H](CO)Cc1ccccc1)c1ccc([N+](=O)[O-])cc1/C=C/c1ccccc1. The van der Waals surface area contributed by atoms with E-state index in [0.29, 0.717) is 17.5 Å². The highest BCUT2D eigenvalue weighted by Crippen LogP contribution is 2.21. The van der Waals surface area contributed by atoms with E-state index in [0.717, 1.165) is 11.1 Å². The van der Waals surface area contributed by atoms with E-state index >= 15 is 0 Å². The van der Waals surface area contributed by atoms with Crippen LogP contribution in [0.5, 0.6) is 0 Å². The number of aliphatic hydroxyl groups is 1. The van der Waals surface area contributed by atoms with Gasteiger partial charge in [0.15, 0.2) is 0 Å². The number of hydrogen-bond acceptors (Lipinski definition) is 4. The van der Waals surface area contributed by atoms with Gasteiger partial charge in [-0.05, 0) is 29.2 Å². The van der Waals surface area contributed by atoms with Crippen LogP contribution >= 0.6 is 0 Å². The third-order valence-corrected chi connectivity index (χ3v) is 4.63. The molecule has 6 heteroatoms. The Morgan fingerprint density at radius 3 is 2.30 bits per heavy atom. The van der Waals surface area contributed by atoms with E-state index in [1.807, 2.05) is 60.7 Å². The quantitative estimate of drug-likeness (QED) is 0.337. The molecule has 3 aromatic carbocycles. The summed E-state index contributed by atoms with van der Waals surface area (Å²) < 4.78 is 0. The molecule has 0 aliphatic heterocycles. The largest absolute Gasteiger partial charge is 0.394 e. The molecule has 3 aromatic rings. The molecule has 0 radical (unpaired) electrons. The van der Waals surface area contributed by atoms with Crippen LogP contribution in [0.3, 0.4) is 0 Å². The number of rotatable bonds is 8. The second kappa shape index (κ2) is 10.1. The molecule has 30 heavy (non-hydrogen) atoms. The van der Waals surface area contributed by atoms with Crippen molar-refractivity contribution in [3.05, 3.63) is 111 Å². The Morgan fingerprint density at radius 2 is 1.67 bits per heavy atom. The molecule has 1 amide bonds. The standard InChI is InChI=1S/C24H22N2O4/c27-17-21(15-19-9-5-2-6-10-19)25-24(28)23-14-13-22(26(29)30)16-20(23)12-11-18-7-3-1-4-8-18/h1-14,16,21,27H,15,17H2,(H,25,28)/b12-11+/t21-/m0/s1. The molecule has 6 nitrogen and oxygen atoms in total. The smallest absolute Gasteiger partial charge is 0.270 e. The monoisotopic (exact) mass is 402 g/mol. The second-order valence-corrected chi connectivity index (χ2v) is 6.82. The van der Waals surface area contributed by atoms with Crippen LogP contribution in [-0.4, -0.2) is 28.6 Å². The van der Waals surface area contributed by atoms with Crippen LogP contribution in [0.4, 0.5) is 5.69 Å². The highest BCUT2D eigenvalue weighted by atomic mass is 16.6. The first-order chi connectivity index (χ1) is 14.6.